The fraction of sp³-hybridized carbons (Fsp3) is 0.889. The van der Waals surface area contributed by atoms with Crippen molar-refractivity contribution in [2.24, 2.45) is 0 Å². The molecule has 13 heavy (non-hydrogen) atoms. The van der Waals surface area contributed by atoms with Crippen LogP contribution < -0.4 is 5.32 Å². The molecule has 0 atom stereocenters. The minimum atomic E-state index is 0.0934. The summed E-state index contributed by atoms with van der Waals surface area (Å²) in [5.74, 6) is 0.0934. The summed E-state index contributed by atoms with van der Waals surface area (Å²) in [5.41, 5.74) is 0. The van der Waals surface area contributed by atoms with Crippen LogP contribution in [0, 0.1) is 0 Å². The van der Waals surface area contributed by atoms with Crippen LogP contribution in [0.15, 0.2) is 0 Å². The standard InChI is InChI=1S/C9H18N2O2/c1-10-9(12)7-11-5-3-8(13-2)4-6-11/h8H,3-7H2,1-2H3,(H,10,12). The van der Waals surface area contributed by atoms with Crippen LogP contribution in [-0.2, 0) is 9.53 Å². The van der Waals surface area contributed by atoms with Crippen LogP contribution in [-0.4, -0.2) is 50.7 Å². The van der Waals surface area contributed by atoms with Crippen LogP contribution in [0.4, 0.5) is 0 Å². The Morgan fingerprint density at radius 3 is 2.62 bits per heavy atom. The molecule has 1 N–H and O–H groups in total. The molecule has 1 amide bonds. The van der Waals surface area contributed by atoms with E-state index in [0.717, 1.165) is 25.9 Å². The van der Waals surface area contributed by atoms with Gasteiger partial charge >= 0.3 is 0 Å². The maximum absolute atomic E-state index is 11.0. The Balaban J connectivity index is 2.21. The minimum absolute atomic E-state index is 0.0934. The molecule has 0 aromatic rings. The van der Waals surface area contributed by atoms with Gasteiger partial charge in [0.05, 0.1) is 12.6 Å². The molecule has 76 valence electrons. The second-order valence-electron chi connectivity index (χ2n) is 3.38. The third-order valence-electron chi connectivity index (χ3n) is 2.51. The summed E-state index contributed by atoms with van der Waals surface area (Å²) in [6.07, 6.45) is 2.46. The summed E-state index contributed by atoms with van der Waals surface area (Å²) >= 11 is 0. The molecule has 4 nitrogen and oxygen atoms in total. The van der Waals surface area contributed by atoms with Gasteiger partial charge in [-0.15, -0.1) is 0 Å². The molecular weight excluding hydrogens is 168 g/mol. The number of likely N-dealkylation sites (N-methyl/N-ethyl adjacent to an activating group) is 1. The van der Waals surface area contributed by atoms with Crippen molar-refractivity contribution in [3.8, 4) is 0 Å². The molecule has 0 aromatic heterocycles. The molecule has 1 aliphatic heterocycles. The van der Waals surface area contributed by atoms with Gasteiger partial charge in [0, 0.05) is 27.2 Å². The van der Waals surface area contributed by atoms with E-state index >= 15 is 0 Å². The molecule has 0 saturated carbocycles. The van der Waals surface area contributed by atoms with Gasteiger partial charge in [0.2, 0.25) is 5.91 Å². The molecule has 0 unspecified atom stereocenters. The zero-order chi connectivity index (χ0) is 9.68. The number of nitrogens with zero attached hydrogens (tertiary/aromatic N) is 1. The van der Waals surface area contributed by atoms with Crippen LogP contribution in [0.5, 0.6) is 0 Å². The summed E-state index contributed by atoms with van der Waals surface area (Å²) in [6, 6.07) is 0. The summed E-state index contributed by atoms with van der Waals surface area (Å²) in [7, 11) is 3.42. The van der Waals surface area contributed by atoms with Gasteiger partial charge in [0.25, 0.3) is 0 Å². The largest absolute Gasteiger partial charge is 0.381 e. The van der Waals surface area contributed by atoms with Crippen molar-refractivity contribution in [3.63, 3.8) is 0 Å². The molecule has 1 rings (SSSR count). The van der Waals surface area contributed by atoms with E-state index in [0.29, 0.717) is 12.6 Å². The first kappa shape index (κ1) is 10.5. The summed E-state index contributed by atoms with van der Waals surface area (Å²) < 4.78 is 5.24. The molecule has 0 spiro atoms. The van der Waals surface area contributed by atoms with Crippen LogP contribution in [0.3, 0.4) is 0 Å². The lowest BCUT2D eigenvalue weighted by molar-refractivity contribution is -0.122. The average Bonchev–Trinajstić information content (AvgIpc) is 2.19. The number of amides is 1. The van der Waals surface area contributed by atoms with Gasteiger partial charge in [0.15, 0.2) is 0 Å². The van der Waals surface area contributed by atoms with Gasteiger partial charge < -0.3 is 10.1 Å². The van der Waals surface area contributed by atoms with Crippen molar-refractivity contribution in [2.45, 2.75) is 18.9 Å². The Morgan fingerprint density at radius 2 is 2.15 bits per heavy atom. The molecule has 0 radical (unpaired) electrons. The molecule has 1 saturated heterocycles. The first-order valence-electron chi connectivity index (χ1n) is 4.72. The van der Waals surface area contributed by atoms with Crippen molar-refractivity contribution in [1.29, 1.82) is 0 Å². The second-order valence-corrected chi connectivity index (χ2v) is 3.38. The van der Waals surface area contributed by atoms with E-state index in [9.17, 15) is 4.79 Å². The van der Waals surface area contributed by atoms with Crippen LogP contribution >= 0.6 is 0 Å². The number of piperidine rings is 1. The number of hydrogen-bond donors (Lipinski definition) is 1. The van der Waals surface area contributed by atoms with Gasteiger partial charge in [-0.05, 0) is 12.8 Å². The quantitative estimate of drug-likeness (QED) is 0.666. The summed E-state index contributed by atoms with van der Waals surface area (Å²) in [5, 5.41) is 2.63. The van der Waals surface area contributed by atoms with Crippen LogP contribution in [0.2, 0.25) is 0 Å². The van der Waals surface area contributed by atoms with Crippen LogP contribution in [0.1, 0.15) is 12.8 Å². The molecule has 0 aromatic carbocycles. The highest BCUT2D eigenvalue weighted by Gasteiger charge is 2.19. The molecule has 0 bridgehead atoms. The zero-order valence-electron chi connectivity index (χ0n) is 8.38. The van der Waals surface area contributed by atoms with E-state index in [1.165, 1.54) is 0 Å². The third kappa shape index (κ3) is 3.32. The van der Waals surface area contributed by atoms with Crippen molar-refractivity contribution in [1.82, 2.24) is 10.2 Å². The van der Waals surface area contributed by atoms with Gasteiger partial charge in [0.1, 0.15) is 0 Å². The SMILES string of the molecule is CNC(=O)CN1CCC(OC)CC1. The minimum Gasteiger partial charge on any atom is -0.381 e. The monoisotopic (exact) mass is 186 g/mol. The lowest BCUT2D eigenvalue weighted by Crippen LogP contribution is -2.42. The van der Waals surface area contributed by atoms with Gasteiger partial charge in [-0.3, -0.25) is 9.69 Å². The molecule has 1 aliphatic rings. The topological polar surface area (TPSA) is 41.6 Å². The highest BCUT2D eigenvalue weighted by molar-refractivity contribution is 5.77. The van der Waals surface area contributed by atoms with Crippen LogP contribution in [0.25, 0.3) is 0 Å². The molecule has 4 heteroatoms. The number of carbonyl (C=O) groups is 1. The fourth-order valence-corrected chi connectivity index (χ4v) is 1.59. The molecule has 0 aliphatic carbocycles. The Morgan fingerprint density at radius 1 is 1.54 bits per heavy atom. The van der Waals surface area contributed by atoms with Crippen molar-refractivity contribution in [2.75, 3.05) is 33.8 Å². The first-order chi connectivity index (χ1) is 6.26. The Kier molecular flexibility index (Phi) is 4.18. The van der Waals surface area contributed by atoms with Gasteiger partial charge in [-0.25, -0.2) is 0 Å². The Hall–Kier alpha value is -0.610. The highest BCUT2D eigenvalue weighted by atomic mass is 16.5. The Bertz CT molecular complexity index is 165. The van der Waals surface area contributed by atoms with E-state index < -0.39 is 0 Å². The number of nitrogens with one attached hydrogen (secondary N) is 1. The van der Waals surface area contributed by atoms with E-state index in [1.54, 1.807) is 14.2 Å². The normalized spacial score (nSPS) is 20.2. The maximum Gasteiger partial charge on any atom is 0.233 e. The number of ether oxygens (including phenoxy) is 1. The second kappa shape index (κ2) is 5.19. The predicted octanol–water partition coefficient (Wildman–Crippen LogP) is -0.157. The van der Waals surface area contributed by atoms with E-state index in [2.05, 4.69) is 10.2 Å². The number of methoxy groups -OCH3 is 1. The van der Waals surface area contributed by atoms with Crippen molar-refractivity contribution >= 4 is 5.91 Å². The Labute approximate surface area is 79.2 Å². The molecule has 1 heterocycles. The smallest absolute Gasteiger partial charge is 0.233 e. The lowest BCUT2D eigenvalue weighted by Gasteiger charge is -2.30. The zero-order valence-corrected chi connectivity index (χ0v) is 8.38. The third-order valence-corrected chi connectivity index (χ3v) is 2.51. The maximum atomic E-state index is 11.0. The number of rotatable bonds is 3. The van der Waals surface area contributed by atoms with Crippen molar-refractivity contribution < 1.29 is 9.53 Å². The van der Waals surface area contributed by atoms with E-state index in [-0.39, 0.29) is 5.91 Å². The first-order valence-corrected chi connectivity index (χ1v) is 4.72. The van der Waals surface area contributed by atoms with Crippen molar-refractivity contribution in [3.05, 3.63) is 0 Å². The summed E-state index contributed by atoms with van der Waals surface area (Å²) in [6.45, 7) is 2.45. The van der Waals surface area contributed by atoms with E-state index in [4.69, 9.17) is 4.74 Å². The average molecular weight is 186 g/mol. The fourth-order valence-electron chi connectivity index (χ4n) is 1.59. The number of carbonyl (C=O) groups excluding carboxylic acids is 1. The van der Waals surface area contributed by atoms with Gasteiger partial charge in [-0.2, -0.15) is 0 Å². The van der Waals surface area contributed by atoms with E-state index in [1.807, 2.05) is 0 Å². The highest BCUT2D eigenvalue weighted by Crippen LogP contribution is 2.11. The molecule has 1 fully saturated rings. The predicted molar refractivity (Wildman–Crippen MR) is 50.5 cm³/mol. The number of likely N-dealkylation sites (tertiary alicyclic amines) is 1. The summed E-state index contributed by atoms with van der Waals surface area (Å²) in [4.78, 5) is 13.2. The molecular formula is C9H18N2O2. The lowest BCUT2D eigenvalue weighted by atomic mass is 10.1. The van der Waals surface area contributed by atoms with Gasteiger partial charge in [-0.1, -0.05) is 0 Å². The number of hydrogen-bond acceptors (Lipinski definition) is 3.